The monoisotopic (exact) mass is 225 g/mol. The molecule has 1 rings (SSSR count). The van der Waals surface area contributed by atoms with Crippen LogP contribution in [-0.2, 0) is 11.2 Å². The minimum absolute atomic E-state index is 0.569. The van der Waals surface area contributed by atoms with Crippen LogP contribution in [0.4, 0.5) is 11.8 Å². The summed E-state index contributed by atoms with van der Waals surface area (Å²) in [5.41, 5.74) is 4.57. The van der Waals surface area contributed by atoms with Crippen molar-refractivity contribution in [2.45, 2.75) is 20.3 Å². The molecule has 0 fully saturated rings. The van der Waals surface area contributed by atoms with E-state index in [9.17, 15) is 0 Å². The molecule has 1 aromatic heterocycles. The summed E-state index contributed by atoms with van der Waals surface area (Å²) in [5.74, 6) is 6.67. The predicted octanol–water partition coefficient (Wildman–Crippen LogP) is 0.691. The van der Waals surface area contributed by atoms with Crippen LogP contribution in [0, 0.1) is 6.92 Å². The Morgan fingerprint density at radius 1 is 1.38 bits per heavy atom. The Morgan fingerprint density at radius 2 is 2.12 bits per heavy atom. The van der Waals surface area contributed by atoms with Crippen LogP contribution in [0.3, 0.4) is 0 Å². The maximum atomic E-state index is 5.43. The minimum atomic E-state index is 0.569. The predicted molar refractivity (Wildman–Crippen MR) is 64.3 cm³/mol. The number of anilines is 2. The van der Waals surface area contributed by atoms with Gasteiger partial charge >= 0.3 is 0 Å². The van der Waals surface area contributed by atoms with Crippen molar-refractivity contribution >= 4 is 11.8 Å². The zero-order valence-corrected chi connectivity index (χ0v) is 10.0. The van der Waals surface area contributed by atoms with Crippen molar-refractivity contribution in [3.05, 3.63) is 11.3 Å². The van der Waals surface area contributed by atoms with Crippen molar-refractivity contribution in [3.8, 4) is 0 Å². The van der Waals surface area contributed by atoms with Gasteiger partial charge in [0.15, 0.2) is 0 Å². The van der Waals surface area contributed by atoms with Crippen LogP contribution in [0.2, 0.25) is 0 Å². The first-order chi connectivity index (χ1) is 7.72. The maximum Gasteiger partial charge on any atom is 0.225 e. The van der Waals surface area contributed by atoms with Gasteiger partial charge in [0.05, 0.1) is 6.61 Å². The highest BCUT2D eigenvalue weighted by Crippen LogP contribution is 2.17. The molecule has 0 saturated carbocycles. The van der Waals surface area contributed by atoms with E-state index in [1.165, 1.54) is 0 Å². The standard InChI is InChI=1S/C10H19N5O/c1-4-8-7(2)13-10(12-5-6-16-3)14-9(8)15-11/h4-6,11H2,1-3H3,(H2,12,13,14,15). The molecule has 16 heavy (non-hydrogen) atoms. The highest BCUT2D eigenvalue weighted by molar-refractivity contribution is 5.49. The van der Waals surface area contributed by atoms with Gasteiger partial charge in [0.25, 0.3) is 0 Å². The van der Waals surface area contributed by atoms with Crippen molar-refractivity contribution in [1.29, 1.82) is 0 Å². The summed E-state index contributed by atoms with van der Waals surface area (Å²) in [5, 5.41) is 3.07. The highest BCUT2D eigenvalue weighted by atomic mass is 16.5. The van der Waals surface area contributed by atoms with Crippen LogP contribution in [0.5, 0.6) is 0 Å². The molecule has 0 aromatic carbocycles. The van der Waals surface area contributed by atoms with Gasteiger partial charge in [0.2, 0.25) is 5.95 Å². The first-order valence-electron chi connectivity index (χ1n) is 5.29. The zero-order chi connectivity index (χ0) is 12.0. The van der Waals surface area contributed by atoms with Crippen molar-refractivity contribution < 1.29 is 4.74 Å². The fourth-order valence-corrected chi connectivity index (χ4v) is 1.48. The number of rotatable bonds is 6. The van der Waals surface area contributed by atoms with Crippen LogP contribution < -0.4 is 16.6 Å². The lowest BCUT2D eigenvalue weighted by atomic mass is 10.2. The fraction of sp³-hybridized carbons (Fsp3) is 0.600. The van der Waals surface area contributed by atoms with Crippen LogP contribution >= 0.6 is 0 Å². The summed E-state index contributed by atoms with van der Waals surface area (Å²) in [7, 11) is 1.65. The summed E-state index contributed by atoms with van der Waals surface area (Å²) in [6, 6.07) is 0. The number of nitrogens with one attached hydrogen (secondary N) is 2. The van der Waals surface area contributed by atoms with Gasteiger partial charge in [-0.25, -0.2) is 10.8 Å². The molecule has 0 bridgehead atoms. The maximum absolute atomic E-state index is 5.43. The summed E-state index contributed by atoms with van der Waals surface area (Å²) in [4.78, 5) is 8.63. The Balaban J connectivity index is 2.83. The van der Waals surface area contributed by atoms with Crippen molar-refractivity contribution in [1.82, 2.24) is 9.97 Å². The zero-order valence-electron chi connectivity index (χ0n) is 10.0. The highest BCUT2D eigenvalue weighted by Gasteiger charge is 2.08. The first-order valence-corrected chi connectivity index (χ1v) is 5.29. The van der Waals surface area contributed by atoms with E-state index in [-0.39, 0.29) is 0 Å². The molecule has 0 aliphatic rings. The summed E-state index contributed by atoms with van der Waals surface area (Å²) >= 11 is 0. The molecule has 0 amide bonds. The van der Waals surface area contributed by atoms with Gasteiger partial charge in [-0.05, 0) is 13.3 Å². The Kier molecular flexibility index (Phi) is 4.94. The molecule has 0 spiro atoms. The Bertz CT molecular complexity index is 342. The third-order valence-electron chi connectivity index (χ3n) is 2.29. The quantitative estimate of drug-likeness (QED) is 0.375. The van der Waals surface area contributed by atoms with Gasteiger partial charge in [-0.1, -0.05) is 6.92 Å². The number of hydrogen-bond donors (Lipinski definition) is 3. The number of nitrogen functional groups attached to an aromatic ring is 1. The number of ether oxygens (including phenoxy) is 1. The molecule has 0 unspecified atom stereocenters. The molecule has 0 aliphatic carbocycles. The SMILES string of the molecule is CCc1c(C)nc(NCCOC)nc1NN. The second kappa shape index (κ2) is 6.24. The molecule has 6 heteroatoms. The second-order valence-corrected chi connectivity index (χ2v) is 3.38. The molecular weight excluding hydrogens is 206 g/mol. The third kappa shape index (κ3) is 3.04. The molecule has 0 aliphatic heterocycles. The van der Waals surface area contributed by atoms with E-state index in [1.807, 2.05) is 13.8 Å². The van der Waals surface area contributed by atoms with E-state index < -0.39 is 0 Å². The van der Waals surface area contributed by atoms with Gasteiger partial charge < -0.3 is 15.5 Å². The lowest BCUT2D eigenvalue weighted by Gasteiger charge is -2.12. The number of nitrogens with zero attached hydrogens (tertiary/aromatic N) is 2. The average molecular weight is 225 g/mol. The Morgan fingerprint density at radius 3 is 2.69 bits per heavy atom. The number of hydrogen-bond acceptors (Lipinski definition) is 6. The molecule has 1 aromatic rings. The average Bonchev–Trinajstić information content (AvgIpc) is 2.28. The van der Waals surface area contributed by atoms with Gasteiger partial charge in [-0.2, -0.15) is 4.98 Å². The second-order valence-electron chi connectivity index (χ2n) is 3.38. The third-order valence-corrected chi connectivity index (χ3v) is 2.29. The summed E-state index contributed by atoms with van der Waals surface area (Å²) < 4.78 is 4.94. The number of aromatic nitrogens is 2. The summed E-state index contributed by atoms with van der Waals surface area (Å²) in [6.45, 7) is 5.28. The lowest BCUT2D eigenvalue weighted by molar-refractivity contribution is 0.210. The van der Waals surface area contributed by atoms with Crippen molar-refractivity contribution in [2.75, 3.05) is 31.0 Å². The smallest absolute Gasteiger partial charge is 0.225 e. The van der Waals surface area contributed by atoms with E-state index in [2.05, 4.69) is 20.7 Å². The Labute approximate surface area is 95.6 Å². The fourth-order valence-electron chi connectivity index (χ4n) is 1.48. The van der Waals surface area contributed by atoms with Crippen LogP contribution in [-0.4, -0.2) is 30.2 Å². The van der Waals surface area contributed by atoms with Crippen LogP contribution in [0.25, 0.3) is 0 Å². The molecule has 1 heterocycles. The molecule has 0 radical (unpaired) electrons. The van der Waals surface area contributed by atoms with Gasteiger partial charge in [-0.3, -0.25) is 0 Å². The van der Waals surface area contributed by atoms with Gasteiger partial charge in [-0.15, -0.1) is 0 Å². The first kappa shape index (κ1) is 12.7. The largest absolute Gasteiger partial charge is 0.383 e. The normalized spacial score (nSPS) is 10.2. The molecule has 90 valence electrons. The van der Waals surface area contributed by atoms with E-state index in [1.54, 1.807) is 7.11 Å². The number of methoxy groups -OCH3 is 1. The van der Waals surface area contributed by atoms with E-state index >= 15 is 0 Å². The molecule has 6 nitrogen and oxygen atoms in total. The van der Waals surface area contributed by atoms with Gasteiger partial charge in [0, 0.05) is 24.9 Å². The van der Waals surface area contributed by atoms with E-state index in [4.69, 9.17) is 10.6 Å². The van der Waals surface area contributed by atoms with Crippen LogP contribution in [0.15, 0.2) is 0 Å². The molecule has 0 saturated heterocycles. The molecule has 4 N–H and O–H groups in total. The molecular formula is C10H19N5O. The lowest BCUT2D eigenvalue weighted by Crippen LogP contribution is -2.16. The van der Waals surface area contributed by atoms with E-state index in [0.29, 0.717) is 24.9 Å². The van der Waals surface area contributed by atoms with E-state index in [0.717, 1.165) is 17.7 Å². The summed E-state index contributed by atoms with van der Waals surface area (Å²) in [6.07, 6.45) is 0.851. The minimum Gasteiger partial charge on any atom is -0.383 e. The van der Waals surface area contributed by atoms with Gasteiger partial charge in [0.1, 0.15) is 5.82 Å². The topological polar surface area (TPSA) is 85.1 Å². The van der Waals surface area contributed by atoms with Crippen LogP contribution in [0.1, 0.15) is 18.2 Å². The molecule has 0 atom stereocenters. The number of hydrazine groups is 1. The van der Waals surface area contributed by atoms with Crippen molar-refractivity contribution in [2.24, 2.45) is 5.84 Å². The number of aryl methyl sites for hydroxylation is 1. The Hall–Kier alpha value is -1.40. The number of nitrogens with two attached hydrogens (primary N) is 1. The van der Waals surface area contributed by atoms with Crippen molar-refractivity contribution in [3.63, 3.8) is 0 Å².